The minimum absolute atomic E-state index is 0.857. The van der Waals surface area contributed by atoms with Gasteiger partial charge in [0.05, 0.1) is 12.8 Å². The molecule has 4 nitrogen and oxygen atoms in total. The van der Waals surface area contributed by atoms with E-state index in [4.69, 9.17) is 4.74 Å². The van der Waals surface area contributed by atoms with E-state index < -0.39 is 0 Å². The standard InChI is InChI=1S/C17H19N3O/c1-13-3-7-15(8-4-13)20-12-11-17(19-20)18-14-5-9-16(21-2)10-6-14/h3-10H,11-12H2,1-2H3,(H,18,19). The van der Waals surface area contributed by atoms with E-state index in [2.05, 4.69) is 41.6 Å². The second-order valence-electron chi connectivity index (χ2n) is 5.11. The van der Waals surface area contributed by atoms with Gasteiger partial charge in [-0.15, -0.1) is 0 Å². The Labute approximate surface area is 125 Å². The predicted molar refractivity (Wildman–Crippen MR) is 87.2 cm³/mol. The van der Waals surface area contributed by atoms with Crippen LogP contribution in [0.4, 0.5) is 11.4 Å². The number of ether oxygens (including phenoxy) is 1. The molecule has 0 bridgehead atoms. The normalized spacial score (nSPS) is 14.0. The highest BCUT2D eigenvalue weighted by atomic mass is 16.5. The van der Waals surface area contributed by atoms with Crippen LogP contribution in [0.3, 0.4) is 0 Å². The molecule has 0 unspecified atom stereocenters. The zero-order valence-corrected chi connectivity index (χ0v) is 12.3. The van der Waals surface area contributed by atoms with Gasteiger partial charge in [0.15, 0.2) is 0 Å². The summed E-state index contributed by atoms with van der Waals surface area (Å²) in [4.78, 5) is 0. The van der Waals surface area contributed by atoms with Crippen LogP contribution >= 0.6 is 0 Å². The van der Waals surface area contributed by atoms with Gasteiger partial charge in [0.1, 0.15) is 11.6 Å². The summed E-state index contributed by atoms with van der Waals surface area (Å²) in [6.07, 6.45) is 0.917. The Bertz CT molecular complexity index is 632. The highest BCUT2D eigenvalue weighted by Crippen LogP contribution is 2.21. The number of nitrogens with one attached hydrogen (secondary N) is 1. The number of amidine groups is 1. The Kier molecular flexibility index (Phi) is 3.77. The SMILES string of the molecule is COc1ccc(NC2=NN(c3ccc(C)cc3)CC2)cc1. The molecule has 0 amide bonds. The number of anilines is 2. The van der Waals surface area contributed by atoms with Crippen LogP contribution in [-0.2, 0) is 0 Å². The molecule has 108 valence electrons. The fraction of sp³-hybridized carbons (Fsp3) is 0.235. The van der Waals surface area contributed by atoms with E-state index in [0.717, 1.165) is 35.9 Å². The minimum atomic E-state index is 0.857. The molecule has 0 aliphatic carbocycles. The van der Waals surface area contributed by atoms with Crippen molar-refractivity contribution in [3.63, 3.8) is 0 Å². The molecule has 0 radical (unpaired) electrons. The van der Waals surface area contributed by atoms with Gasteiger partial charge in [-0.1, -0.05) is 17.7 Å². The van der Waals surface area contributed by atoms with Gasteiger partial charge in [0.25, 0.3) is 0 Å². The first-order valence-corrected chi connectivity index (χ1v) is 7.07. The number of benzene rings is 2. The molecule has 1 heterocycles. The van der Waals surface area contributed by atoms with Crippen molar-refractivity contribution in [3.05, 3.63) is 54.1 Å². The van der Waals surface area contributed by atoms with Crippen LogP contribution in [0.5, 0.6) is 5.75 Å². The van der Waals surface area contributed by atoms with E-state index in [9.17, 15) is 0 Å². The number of nitrogens with zero attached hydrogens (tertiary/aromatic N) is 2. The van der Waals surface area contributed by atoms with E-state index in [1.165, 1.54) is 5.56 Å². The molecule has 0 saturated carbocycles. The molecule has 1 aliphatic rings. The third kappa shape index (κ3) is 3.16. The molecule has 0 fully saturated rings. The minimum Gasteiger partial charge on any atom is -0.497 e. The van der Waals surface area contributed by atoms with Crippen molar-refractivity contribution in [3.8, 4) is 5.75 Å². The molecule has 2 aromatic carbocycles. The fourth-order valence-corrected chi connectivity index (χ4v) is 2.29. The van der Waals surface area contributed by atoms with Crippen LogP contribution in [0.1, 0.15) is 12.0 Å². The van der Waals surface area contributed by atoms with Crippen LogP contribution in [-0.4, -0.2) is 19.5 Å². The molecule has 0 spiro atoms. The van der Waals surface area contributed by atoms with Gasteiger partial charge in [0, 0.05) is 18.7 Å². The Hall–Kier alpha value is -2.49. The molecule has 4 heteroatoms. The van der Waals surface area contributed by atoms with Crippen LogP contribution < -0.4 is 15.1 Å². The highest BCUT2D eigenvalue weighted by molar-refractivity contribution is 5.97. The van der Waals surface area contributed by atoms with Gasteiger partial charge in [-0.25, -0.2) is 0 Å². The first-order chi connectivity index (χ1) is 10.2. The molecule has 3 rings (SSSR count). The molecular weight excluding hydrogens is 262 g/mol. The maximum Gasteiger partial charge on any atom is 0.129 e. The van der Waals surface area contributed by atoms with Crippen molar-refractivity contribution in [2.24, 2.45) is 5.10 Å². The number of rotatable bonds is 3. The molecule has 1 aliphatic heterocycles. The van der Waals surface area contributed by atoms with Crippen LogP contribution in [0.2, 0.25) is 0 Å². The van der Waals surface area contributed by atoms with E-state index in [1.807, 2.05) is 29.3 Å². The summed E-state index contributed by atoms with van der Waals surface area (Å²) in [6, 6.07) is 16.3. The van der Waals surface area contributed by atoms with Crippen molar-refractivity contribution >= 4 is 17.2 Å². The Morgan fingerprint density at radius 1 is 1.05 bits per heavy atom. The maximum absolute atomic E-state index is 5.16. The molecule has 0 aromatic heterocycles. The van der Waals surface area contributed by atoms with Gasteiger partial charge in [-0.05, 0) is 43.3 Å². The number of hydrogen-bond donors (Lipinski definition) is 1. The summed E-state index contributed by atoms with van der Waals surface area (Å²) in [5, 5.41) is 10.0. The summed E-state index contributed by atoms with van der Waals surface area (Å²) in [7, 11) is 1.67. The summed E-state index contributed by atoms with van der Waals surface area (Å²) in [5.74, 6) is 1.84. The van der Waals surface area contributed by atoms with Crippen molar-refractivity contribution < 1.29 is 4.74 Å². The smallest absolute Gasteiger partial charge is 0.129 e. The van der Waals surface area contributed by atoms with Gasteiger partial charge in [0.2, 0.25) is 0 Å². The number of hydrazone groups is 1. The Morgan fingerprint density at radius 3 is 2.43 bits per heavy atom. The summed E-state index contributed by atoms with van der Waals surface area (Å²) < 4.78 is 5.16. The van der Waals surface area contributed by atoms with Crippen LogP contribution in [0.15, 0.2) is 53.6 Å². The topological polar surface area (TPSA) is 36.9 Å². The van der Waals surface area contributed by atoms with E-state index >= 15 is 0 Å². The van der Waals surface area contributed by atoms with Crippen molar-refractivity contribution in [1.82, 2.24) is 0 Å². The first kappa shape index (κ1) is 13.5. The summed E-state index contributed by atoms with van der Waals surface area (Å²) in [6.45, 7) is 3.00. The second kappa shape index (κ2) is 5.87. The van der Waals surface area contributed by atoms with Crippen molar-refractivity contribution in [1.29, 1.82) is 0 Å². The number of aryl methyl sites for hydroxylation is 1. The van der Waals surface area contributed by atoms with Crippen LogP contribution in [0.25, 0.3) is 0 Å². The molecule has 0 saturated heterocycles. The largest absolute Gasteiger partial charge is 0.497 e. The van der Waals surface area contributed by atoms with E-state index in [-0.39, 0.29) is 0 Å². The van der Waals surface area contributed by atoms with E-state index in [1.54, 1.807) is 7.11 Å². The predicted octanol–water partition coefficient (Wildman–Crippen LogP) is 3.64. The lowest BCUT2D eigenvalue weighted by Gasteiger charge is -2.13. The van der Waals surface area contributed by atoms with Gasteiger partial charge in [-0.2, -0.15) is 5.10 Å². The van der Waals surface area contributed by atoms with Gasteiger partial charge in [-0.3, -0.25) is 5.01 Å². The molecule has 2 aromatic rings. The fourth-order valence-electron chi connectivity index (χ4n) is 2.29. The Balaban J connectivity index is 1.69. The lowest BCUT2D eigenvalue weighted by molar-refractivity contribution is 0.415. The number of hydrogen-bond acceptors (Lipinski definition) is 4. The van der Waals surface area contributed by atoms with Gasteiger partial charge >= 0.3 is 0 Å². The monoisotopic (exact) mass is 281 g/mol. The third-order valence-electron chi connectivity index (χ3n) is 3.51. The lowest BCUT2D eigenvalue weighted by atomic mass is 10.2. The lowest BCUT2D eigenvalue weighted by Crippen LogP contribution is -2.11. The van der Waals surface area contributed by atoms with E-state index in [0.29, 0.717) is 0 Å². The summed E-state index contributed by atoms with van der Waals surface area (Å²) in [5.41, 5.74) is 3.42. The molecule has 1 N–H and O–H groups in total. The maximum atomic E-state index is 5.16. The average Bonchev–Trinajstić information content (AvgIpc) is 2.97. The van der Waals surface area contributed by atoms with Crippen molar-refractivity contribution in [2.45, 2.75) is 13.3 Å². The first-order valence-electron chi connectivity index (χ1n) is 7.07. The zero-order chi connectivity index (χ0) is 14.7. The second-order valence-corrected chi connectivity index (χ2v) is 5.11. The molecule has 0 atom stereocenters. The summed E-state index contributed by atoms with van der Waals surface area (Å²) >= 11 is 0. The van der Waals surface area contributed by atoms with Crippen LogP contribution in [0, 0.1) is 6.92 Å². The highest BCUT2D eigenvalue weighted by Gasteiger charge is 2.15. The van der Waals surface area contributed by atoms with Gasteiger partial charge < -0.3 is 10.1 Å². The molecular formula is C17H19N3O. The Morgan fingerprint density at radius 2 is 1.76 bits per heavy atom. The average molecular weight is 281 g/mol. The van der Waals surface area contributed by atoms with Crippen molar-refractivity contribution in [2.75, 3.05) is 24.0 Å². The quantitative estimate of drug-likeness (QED) is 0.933. The zero-order valence-electron chi connectivity index (χ0n) is 12.3. The molecule has 21 heavy (non-hydrogen) atoms. The third-order valence-corrected chi connectivity index (χ3v) is 3.51. The number of methoxy groups -OCH3 is 1.